The standard InChI is InChI=1S/C26H39NO5/c1-19(2)10-7-5-6-8-13-25(28)27-18-21-14-15-23(24(17-21)30-4)32-26(29)31-22-12-9-11-20(3)16-22/h7,10,14-15,17,19-20,22H,5-6,8-9,11-13,16,18H2,1-4H3,(H,27,28)/b10-7+. The highest BCUT2D eigenvalue weighted by Gasteiger charge is 2.23. The van der Waals surface area contributed by atoms with Crippen LogP contribution in [0.5, 0.6) is 11.5 Å². The molecule has 2 rings (SSSR count). The van der Waals surface area contributed by atoms with Gasteiger partial charge in [0.2, 0.25) is 5.91 Å². The molecule has 6 nitrogen and oxygen atoms in total. The van der Waals surface area contributed by atoms with Crippen LogP contribution in [0.2, 0.25) is 0 Å². The molecule has 1 fully saturated rings. The van der Waals surface area contributed by atoms with E-state index in [2.05, 4.69) is 38.2 Å². The average Bonchev–Trinajstić information content (AvgIpc) is 2.75. The molecule has 1 aromatic carbocycles. The van der Waals surface area contributed by atoms with Crippen molar-refractivity contribution in [1.29, 1.82) is 0 Å². The lowest BCUT2D eigenvalue weighted by molar-refractivity contribution is -0.121. The van der Waals surface area contributed by atoms with Crippen molar-refractivity contribution in [2.75, 3.05) is 7.11 Å². The van der Waals surface area contributed by atoms with Crippen LogP contribution < -0.4 is 14.8 Å². The Morgan fingerprint density at radius 1 is 1.19 bits per heavy atom. The Morgan fingerprint density at radius 3 is 2.72 bits per heavy atom. The van der Waals surface area contributed by atoms with Gasteiger partial charge in [-0.15, -0.1) is 0 Å². The van der Waals surface area contributed by atoms with E-state index in [-0.39, 0.29) is 12.0 Å². The van der Waals surface area contributed by atoms with E-state index in [0.717, 1.165) is 44.1 Å². The summed E-state index contributed by atoms with van der Waals surface area (Å²) < 4.78 is 16.2. The number of hydrogen-bond donors (Lipinski definition) is 1. The van der Waals surface area contributed by atoms with Gasteiger partial charge in [0.05, 0.1) is 7.11 Å². The Bertz CT molecular complexity index is 759. The molecule has 0 saturated heterocycles. The zero-order chi connectivity index (χ0) is 23.3. The van der Waals surface area contributed by atoms with E-state index in [1.807, 2.05) is 6.07 Å². The molecule has 178 valence electrons. The summed E-state index contributed by atoms with van der Waals surface area (Å²) in [4.78, 5) is 24.3. The van der Waals surface area contributed by atoms with Crippen LogP contribution >= 0.6 is 0 Å². The highest BCUT2D eigenvalue weighted by atomic mass is 16.7. The number of nitrogens with one attached hydrogen (secondary N) is 1. The summed E-state index contributed by atoms with van der Waals surface area (Å²) in [6, 6.07) is 5.25. The van der Waals surface area contributed by atoms with Gasteiger partial charge in [0, 0.05) is 13.0 Å². The molecule has 1 aromatic rings. The third-order valence-electron chi connectivity index (χ3n) is 5.61. The monoisotopic (exact) mass is 445 g/mol. The highest BCUT2D eigenvalue weighted by molar-refractivity contribution is 5.75. The van der Waals surface area contributed by atoms with Gasteiger partial charge in [0.1, 0.15) is 6.10 Å². The molecule has 0 heterocycles. The lowest BCUT2D eigenvalue weighted by atomic mass is 9.89. The van der Waals surface area contributed by atoms with Crippen molar-refractivity contribution in [2.24, 2.45) is 11.8 Å². The molecule has 32 heavy (non-hydrogen) atoms. The number of methoxy groups -OCH3 is 1. The SMILES string of the molecule is COc1cc(CNC(=O)CCCC/C=C/C(C)C)ccc1OC(=O)OC1CCCC(C)C1. The number of ether oxygens (including phenoxy) is 3. The van der Waals surface area contributed by atoms with E-state index in [9.17, 15) is 9.59 Å². The van der Waals surface area contributed by atoms with Crippen LogP contribution in [0.15, 0.2) is 30.4 Å². The van der Waals surface area contributed by atoms with E-state index in [1.165, 1.54) is 13.5 Å². The molecule has 0 bridgehead atoms. The summed E-state index contributed by atoms with van der Waals surface area (Å²) in [5.74, 6) is 1.90. The molecule has 0 radical (unpaired) electrons. The lowest BCUT2D eigenvalue weighted by Gasteiger charge is -2.26. The van der Waals surface area contributed by atoms with Gasteiger partial charge in [-0.25, -0.2) is 4.79 Å². The molecule has 1 saturated carbocycles. The molecule has 2 unspecified atom stereocenters. The minimum Gasteiger partial charge on any atom is -0.493 e. The number of carbonyl (C=O) groups excluding carboxylic acids is 2. The predicted molar refractivity (Wildman–Crippen MR) is 126 cm³/mol. The molecular weight excluding hydrogens is 406 g/mol. The van der Waals surface area contributed by atoms with Gasteiger partial charge in [0.15, 0.2) is 11.5 Å². The zero-order valence-corrected chi connectivity index (χ0v) is 20.0. The molecule has 1 amide bonds. The van der Waals surface area contributed by atoms with E-state index in [1.54, 1.807) is 12.1 Å². The van der Waals surface area contributed by atoms with E-state index >= 15 is 0 Å². The first-order valence-corrected chi connectivity index (χ1v) is 11.9. The fourth-order valence-electron chi connectivity index (χ4n) is 3.85. The summed E-state index contributed by atoms with van der Waals surface area (Å²) in [6.45, 7) is 6.88. The molecule has 1 aliphatic rings. The molecule has 1 aliphatic carbocycles. The maximum absolute atomic E-state index is 12.2. The van der Waals surface area contributed by atoms with Gasteiger partial charge in [0.25, 0.3) is 0 Å². The molecule has 0 aliphatic heterocycles. The van der Waals surface area contributed by atoms with Gasteiger partial charge < -0.3 is 19.5 Å². The van der Waals surface area contributed by atoms with Crippen molar-refractivity contribution in [3.8, 4) is 11.5 Å². The van der Waals surface area contributed by atoms with Crippen LogP contribution in [0.3, 0.4) is 0 Å². The number of allylic oxidation sites excluding steroid dienone is 2. The predicted octanol–water partition coefficient (Wildman–Crippen LogP) is 6.18. The molecule has 0 aromatic heterocycles. The molecule has 6 heteroatoms. The van der Waals surface area contributed by atoms with Crippen molar-refractivity contribution in [1.82, 2.24) is 5.32 Å². The normalized spacial score (nSPS) is 18.5. The minimum absolute atomic E-state index is 0.0300. The van der Waals surface area contributed by atoms with E-state index in [0.29, 0.717) is 36.3 Å². The van der Waals surface area contributed by atoms with Crippen LogP contribution in [0.4, 0.5) is 4.79 Å². The van der Waals surface area contributed by atoms with Crippen molar-refractivity contribution in [2.45, 2.75) is 84.8 Å². The maximum Gasteiger partial charge on any atom is 0.514 e. The van der Waals surface area contributed by atoms with Gasteiger partial charge in [-0.3, -0.25) is 4.79 Å². The maximum atomic E-state index is 12.2. The summed E-state index contributed by atoms with van der Waals surface area (Å²) in [5, 5.41) is 2.93. The molecule has 2 atom stereocenters. The first-order chi connectivity index (χ1) is 15.4. The van der Waals surface area contributed by atoms with Gasteiger partial charge in [-0.2, -0.15) is 0 Å². The Balaban J connectivity index is 1.76. The van der Waals surface area contributed by atoms with E-state index in [4.69, 9.17) is 14.2 Å². The molecule has 0 spiro atoms. The van der Waals surface area contributed by atoms with Gasteiger partial charge >= 0.3 is 6.16 Å². The lowest BCUT2D eigenvalue weighted by Crippen LogP contribution is -2.26. The number of hydrogen-bond acceptors (Lipinski definition) is 5. The minimum atomic E-state index is -0.702. The Kier molecular flexibility index (Phi) is 11.1. The Hall–Kier alpha value is -2.50. The summed E-state index contributed by atoms with van der Waals surface area (Å²) in [7, 11) is 1.52. The molecule has 1 N–H and O–H groups in total. The second-order valence-corrected chi connectivity index (χ2v) is 9.04. The second kappa shape index (κ2) is 13.8. The van der Waals surface area contributed by atoms with Crippen molar-refractivity contribution in [3.05, 3.63) is 35.9 Å². The topological polar surface area (TPSA) is 73.9 Å². The smallest absolute Gasteiger partial charge is 0.493 e. The van der Waals surface area contributed by atoms with Gasteiger partial charge in [-0.1, -0.05) is 45.4 Å². The van der Waals surface area contributed by atoms with Crippen LogP contribution in [0.25, 0.3) is 0 Å². The zero-order valence-electron chi connectivity index (χ0n) is 20.0. The van der Waals surface area contributed by atoms with Crippen molar-refractivity contribution in [3.63, 3.8) is 0 Å². The van der Waals surface area contributed by atoms with E-state index < -0.39 is 6.16 Å². The first-order valence-electron chi connectivity index (χ1n) is 11.9. The third-order valence-corrected chi connectivity index (χ3v) is 5.61. The van der Waals surface area contributed by atoms with Crippen molar-refractivity contribution >= 4 is 12.1 Å². The molecular formula is C26H39NO5. The number of amides is 1. The number of rotatable bonds is 11. The van der Waals surface area contributed by atoms with Crippen LogP contribution in [0.1, 0.15) is 77.7 Å². The highest BCUT2D eigenvalue weighted by Crippen LogP contribution is 2.30. The number of carbonyl (C=O) groups is 2. The van der Waals surface area contributed by atoms with Crippen molar-refractivity contribution < 1.29 is 23.8 Å². The third kappa shape index (κ3) is 9.75. The fourth-order valence-corrected chi connectivity index (χ4v) is 3.85. The quantitative estimate of drug-likeness (QED) is 0.191. The average molecular weight is 446 g/mol. The summed E-state index contributed by atoms with van der Waals surface area (Å²) in [5.41, 5.74) is 0.872. The summed E-state index contributed by atoms with van der Waals surface area (Å²) in [6.07, 6.45) is 11.0. The van der Waals surface area contributed by atoms with Crippen LogP contribution in [-0.2, 0) is 16.1 Å². The fraction of sp³-hybridized carbons (Fsp3) is 0.615. The number of unbranched alkanes of at least 4 members (excludes halogenated alkanes) is 2. The second-order valence-electron chi connectivity index (χ2n) is 9.04. The number of benzene rings is 1. The van der Waals surface area contributed by atoms with Gasteiger partial charge in [-0.05, 0) is 68.1 Å². The summed E-state index contributed by atoms with van der Waals surface area (Å²) >= 11 is 0. The van der Waals surface area contributed by atoms with Crippen LogP contribution in [-0.4, -0.2) is 25.3 Å². The Morgan fingerprint density at radius 2 is 2.00 bits per heavy atom. The van der Waals surface area contributed by atoms with Crippen LogP contribution in [0, 0.1) is 11.8 Å². The Labute approximate surface area is 192 Å². The largest absolute Gasteiger partial charge is 0.514 e. The first kappa shape index (κ1) is 25.8.